The summed E-state index contributed by atoms with van der Waals surface area (Å²) in [6.07, 6.45) is 0.856. The fourth-order valence-electron chi connectivity index (χ4n) is 4.33. The van der Waals surface area contributed by atoms with Crippen LogP contribution < -0.4 is 14.4 Å². The smallest absolute Gasteiger partial charge is 0.350 e. The molecule has 1 unspecified atom stereocenters. The Labute approximate surface area is 237 Å². The Bertz CT molecular complexity index is 1440. The molecule has 1 atom stereocenters. The van der Waals surface area contributed by atoms with Crippen LogP contribution in [0.25, 0.3) is 5.76 Å². The topological polar surface area (TPSA) is 115 Å². The molecule has 1 N–H and O–H groups in total. The van der Waals surface area contributed by atoms with E-state index in [2.05, 4.69) is 18.8 Å². The number of benzene rings is 2. The molecule has 0 saturated carbocycles. The van der Waals surface area contributed by atoms with Crippen molar-refractivity contribution in [1.29, 1.82) is 0 Å². The molecule has 1 aliphatic heterocycles. The molecular formula is C30H32N2O7S. The average Bonchev–Trinajstić information content (AvgIpc) is 3.44. The molecule has 0 bridgehead atoms. The third kappa shape index (κ3) is 5.86. The Morgan fingerprint density at radius 1 is 1.10 bits per heavy atom. The summed E-state index contributed by atoms with van der Waals surface area (Å²) in [5.41, 5.74) is 1.16. The Morgan fingerprint density at radius 2 is 1.82 bits per heavy atom. The second-order valence-corrected chi connectivity index (χ2v) is 10.6. The number of carbonyl (C=O) groups is 3. The van der Waals surface area contributed by atoms with Crippen molar-refractivity contribution in [3.63, 3.8) is 0 Å². The third-order valence-corrected chi connectivity index (χ3v) is 7.52. The summed E-state index contributed by atoms with van der Waals surface area (Å²) in [6.45, 7) is 8.68. The van der Waals surface area contributed by atoms with Crippen LogP contribution >= 0.6 is 11.3 Å². The van der Waals surface area contributed by atoms with Gasteiger partial charge >= 0.3 is 11.9 Å². The van der Waals surface area contributed by atoms with Gasteiger partial charge in [-0.3, -0.25) is 14.5 Å². The van der Waals surface area contributed by atoms with E-state index in [0.717, 1.165) is 17.8 Å². The van der Waals surface area contributed by atoms with E-state index < -0.39 is 23.7 Å². The molecule has 0 spiro atoms. The first kappa shape index (κ1) is 28.8. The summed E-state index contributed by atoms with van der Waals surface area (Å²) in [5, 5.41) is 11.5. The molecule has 1 aromatic heterocycles. The first-order valence-electron chi connectivity index (χ1n) is 13.0. The predicted octanol–water partition coefficient (Wildman–Crippen LogP) is 5.69. The summed E-state index contributed by atoms with van der Waals surface area (Å²) in [4.78, 5) is 45.1. The van der Waals surface area contributed by atoms with Gasteiger partial charge in [-0.05, 0) is 68.1 Å². The van der Waals surface area contributed by atoms with Gasteiger partial charge in [-0.15, -0.1) is 0 Å². The fourth-order valence-corrected chi connectivity index (χ4v) is 5.34. The van der Waals surface area contributed by atoms with Crippen LogP contribution in [-0.2, 0) is 14.3 Å². The van der Waals surface area contributed by atoms with Gasteiger partial charge in [-0.25, -0.2) is 9.78 Å². The molecule has 3 aromatic rings. The molecule has 40 heavy (non-hydrogen) atoms. The van der Waals surface area contributed by atoms with Gasteiger partial charge in [0, 0.05) is 5.56 Å². The van der Waals surface area contributed by atoms with Gasteiger partial charge < -0.3 is 19.3 Å². The number of esters is 1. The molecule has 1 amide bonds. The minimum Gasteiger partial charge on any atom is -0.507 e. The minimum atomic E-state index is -1.02. The number of amides is 1. The van der Waals surface area contributed by atoms with E-state index in [0.29, 0.717) is 47.5 Å². The zero-order valence-corrected chi connectivity index (χ0v) is 23.9. The maximum atomic E-state index is 13.5. The van der Waals surface area contributed by atoms with Crippen LogP contribution in [0.4, 0.5) is 5.13 Å². The molecule has 4 rings (SSSR count). The highest BCUT2D eigenvalue weighted by molar-refractivity contribution is 7.17. The van der Waals surface area contributed by atoms with E-state index >= 15 is 0 Å². The monoisotopic (exact) mass is 564 g/mol. The highest BCUT2D eigenvalue weighted by Gasteiger charge is 2.48. The van der Waals surface area contributed by atoms with Gasteiger partial charge in [0.1, 0.15) is 22.1 Å². The maximum Gasteiger partial charge on any atom is 0.350 e. The molecule has 9 nitrogen and oxygen atoms in total. The lowest BCUT2D eigenvalue weighted by molar-refractivity contribution is -0.132. The van der Waals surface area contributed by atoms with Crippen molar-refractivity contribution in [3.8, 4) is 11.5 Å². The highest BCUT2D eigenvalue weighted by Crippen LogP contribution is 2.44. The Morgan fingerprint density at radius 3 is 2.48 bits per heavy atom. The molecule has 0 radical (unpaired) electrons. The van der Waals surface area contributed by atoms with E-state index in [-0.39, 0.29) is 21.3 Å². The quantitative estimate of drug-likeness (QED) is 0.145. The SMILES string of the molecule is CCOc1ccc(/C(O)=C2\C(=O)C(=O)N(c3nc(C)c(C(=O)OC)s3)C2c2cccc(OCCC(C)C)c2)cc1. The third-order valence-electron chi connectivity index (χ3n) is 6.38. The second kappa shape index (κ2) is 12.3. The zero-order valence-electron chi connectivity index (χ0n) is 23.1. The molecule has 1 saturated heterocycles. The first-order valence-corrected chi connectivity index (χ1v) is 13.8. The normalized spacial score (nSPS) is 16.4. The molecule has 2 heterocycles. The zero-order chi connectivity index (χ0) is 29.0. The van der Waals surface area contributed by atoms with Crippen LogP contribution in [0.2, 0.25) is 0 Å². The number of methoxy groups -OCH3 is 1. The van der Waals surface area contributed by atoms with Crippen molar-refractivity contribution in [2.45, 2.75) is 40.2 Å². The Kier molecular flexibility index (Phi) is 8.89. The lowest BCUT2D eigenvalue weighted by Gasteiger charge is -2.23. The van der Waals surface area contributed by atoms with E-state index in [1.807, 2.05) is 6.92 Å². The van der Waals surface area contributed by atoms with E-state index in [4.69, 9.17) is 14.2 Å². The average molecular weight is 565 g/mol. The molecular weight excluding hydrogens is 532 g/mol. The van der Waals surface area contributed by atoms with Crippen LogP contribution in [0.3, 0.4) is 0 Å². The van der Waals surface area contributed by atoms with Gasteiger partial charge in [0.2, 0.25) is 0 Å². The predicted molar refractivity (Wildman–Crippen MR) is 152 cm³/mol. The fraction of sp³-hybridized carbons (Fsp3) is 0.333. The van der Waals surface area contributed by atoms with Crippen LogP contribution in [0.15, 0.2) is 54.1 Å². The number of nitrogens with zero attached hydrogens (tertiary/aromatic N) is 2. The molecule has 10 heteroatoms. The maximum absolute atomic E-state index is 13.5. The van der Waals surface area contributed by atoms with E-state index in [1.54, 1.807) is 55.5 Å². The first-order chi connectivity index (χ1) is 19.2. The van der Waals surface area contributed by atoms with Gasteiger partial charge in [-0.1, -0.05) is 37.3 Å². The molecule has 1 fully saturated rings. The van der Waals surface area contributed by atoms with Gasteiger partial charge in [0.25, 0.3) is 5.78 Å². The number of ketones is 1. The van der Waals surface area contributed by atoms with Crippen molar-refractivity contribution in [3.05, 3.63) is 75.8 Å². The van der Waals surface area contributed by atoms with Crippen LogP contribution in [0.5, 0.6) is 11.5 Å². The Balaban J connectivity index is 1.85. The summed E-state index contributed by atoms with van der Waals surface area (Å²) in [5.74, 6) is -1.03. The number of hydrogen-bond donors (Lipinski definition) is 1. The summed E-state index contributed by atoms with van der Waals surface area (Å²) in [6, 6.07) is 12.7. The summed E-state index contributed by atoms with van der Waals surface area (Å²) >= 11 is 0.947. The number of rotatable bonds is 10. The summed E-state index contributed by atoms with van der Waals surface area (Å²) < 4.78 is 16.3. The van der Waals surface area contributed by atoms with Crippen molar-refractivity contribution in [1.82, 2.24) is 4.98 Å². The standard InChI is InChI=1S/C30H32N2O7S/c1-6-38-21-12-10-19(11-13-21)25(33)23-24(20-8-7-9-22(16-20)39-15-14-17(2)3)32(28(35)26(23)34)30-31-18(4)27(40-30)29(36)37-5/h7-13,16-17,24,33H,6,14-15H2,1-5H3/b25-23+. The minimum absolute atomic E-state index is 0.0963. The number of aryl methyl sites for hydroxylation is 1. The number of thiazole rings is 1. The van der Waals surface area contributed by atoms with Gasteiger partial charge in [-0.2, -0.15) is 0 Å². The van der Waals surface area contributed by atoms with Gasteiger partial charge in [0.05, 0.1) is 37.6 Å². The number of aromatic nitrogens is 1. The Hall–Kier alpha value is -4.18. The lowest BCUT2D eigenvalue weighted by Crippen LogP contribution is -2.29. The molecule has 0 aliphatic carbocycles. The molecule has 2 aromatic carbocycles. The number of Topliss-reactive ketones (excluding diaryl/α,β-unsaturated/α-hetero) is 1. The number of carbonyl (C=O) groups excluding carboxylic acids is 3. The number of aliphatic hydroxyl groups is 1. The van der Waals surface area contributed by atoms with E-state index in [9.17, 15) is 19.5 Å². The largest absolute Gasteiger partial charge is 0.507 e. The lowest BCUT2D eigenvalue weighted by atomic mass is 9.95. The van der Waals surface area contributed by atoms with Crippen molar-refractivity contribution in [2.24, 2.45) is 5.92 Å². The van der Waals surface area contributed by atoms with Crippen LogP contribution in [0, 0.1) is 12.8 Å². The van der Waals surface area contributed by atoms with Gasteiger partial charge in [0.15, 0.2) is 5.13 Å². The van der Waals surface area contributed by atoms with Crippen molar-refractivity contribution in [2.75, 3.05) is 25.2 Å². The highest BCUT2D eigenvalue weighted by atomic mass is 32.1. The second-order valence-electron chi connectivity index (χ2n) is 9.63. The number of anilines is 1. The number of aliphatic hydroxyl groups excluding tert-OH is 1. The molecule has 1 aliphatic rings. The van der Waals surface area contributed by atoms with Crippen LogP contribution in [-0.4, -0.2) is 48.1 Å². The number of ether oxygens (including phenoxy) is 3. The van der Waals surface area contributed by atoms with E-state index in [1.165, 1.54) is 12.0 Å². The van der Waals surface area contributed by atoms with Crippen molar-refractivity contribution < 1.29 is 33.7 Å². The number of hydrogen-bond acceptors (Lipinski definition) is 9. The van der Waals surface area contributed by atoms with Crippen molar-refractivity contribution >= 4 is 39.9 Å². The summed E-state index contributed by atoms with van der Waals surface area (Å²) in [7, 11) is 1.26. The van der Waals surface area contributed by atoms with Crippen LogP contribution in [0.1, 0.15) is 59.7 Å². The molecule has 210 valence electrons.